The molecule has 0 radical (unpaired) electrons. The predicted octanol–water partition coefficient (Wildman–Crippen LogP) is 6.01. The van der Waals surface area contributed by atoms with Gasteiger partial charge in [-0.1, -0.05) is 79.4 Å². The molecule has 4 aromatic rings. The Balaban J connectivity index is 1.49. The van der Waals surface area contributed by atoms with E-state index in [1.165, 1.54) is 27.5 Å². The van der Waals surface area contributed by atoms with Crippen molar-refractivity contribution in [2.45, 2.75) is 11.7 Å². The number of amidine groups is 1. The van der Waals surface area contributed by atoms with Gasteiger partial charge in [0.25, 0.3) is 0 Å². The van der Waals surface area contributed by atoms with Crippen LogP contribution in [0.2, 0.25) is 0 Å². The minimum Gasteiger partial charge on any atom is -0.382 e. The van der Waals surface area contributed by atoms with Gasteiger partial charge in [0, 0.05) is 25.4 Å². The van der Waals surface area contributed by atoms with Gasteiger partial charge in [0.15, 0.2) is 0 Å². The van der Waals surface area contributed by atoms with Gasteiger partial charge in [0.1, 0.15) is 5.84 Å². The topological polar surface area (TPSA) is 49.3 Å². The van der Waals surface area contributed by atoms with Crippen LogP contribution in [0.5, 0.6) is 0 Å². The Bertz CT molecular complexity index is 1360. The summed E-state index contributed by atoms with van der Waals surface area (Å²) in [7, 11) is 1.83. The fourth-order valence-corrected chi connectivity index (χ4v) is 5.33. The van der Waals surface area contributed by atoms with E-state index in [4.69, 9.17) is 0 Å². The molecule has 1 aliphatic heterocycles. The van der Waals surface area contributed by atoms with Crippen molar-refractivity contribution in [3.05, 3.63) is 108 Å². The van der Waals surface area contributed by atoms with Gasteiger partial charge < -0.3 is 10.0 Å². The standard InChI is InChI=1S/C28H26N4S/c1-19-26-25(16-9-17-30-26)28(2,18-31-19)33-32-27(29-3)24-15-8-13-22-21(12-7-14-23(22)24)20-10-5-4-6-11-20/h4-17,31H,1,18H2,2-3H3,(H,29,32)/t28-/m0/s1. The molecule has 0 saturated heterocycles. The fraction of sp³-hybridized carbons (Fsp3) is 0.143. The Hall–Kier alpha value is -3.57. The fourth-order valence-electron chi connectivity index (χ4n) is 4.39. The Morgan fingerprint density at radius 3 is 2.61 bits per heavy atom. The average Bonchev–Trinajstić information content (AvgIpc) is 2.87. The first-order chi connectivity index (χ1) is 16.1. The summed E-state index contributed by atoms with van der Waals surface area (Å²) in [6.07, 6.45) is 1.81. The zero-order chi connectivity index (χ0) is 22.8. The lowest BCUT2D eigenvalue weighted by Crippen LogP contribution is -2.40. The molecule has 0 unspecified atom stereocenters. The quantitative estimate of drug-likeness (QED) is 0.227. The van der Waals surface area contributed by atoms with E-state index >= 15 is 0 Å². The zero-order valence-electron chi connectivity index (χ0n) is 18.8. The van der Waals surface area contributed by atoms with E-state index in [0.717, 1.165) is 29.3 Å². The average molecular weight is 451 g/mol. The van der Waals surface area contributed by atoms with Crippen molar-refractivity contribution in [2.75, 3.05) is 13.6 Å². The van der Waals surface area contributed by atoms with Crippen LogP contribution in [0, 0.1) is 0 Å². The van der Waals surface area contributed by atoms with Crippen LogP contribution in [0.3, 0.4) is 0 Å². The van der Waals surface area contributed by atoms with Crippen LogP contribution in [-0.2, 0) is 4.75 Å². The first-order valence-electron chi connectivity index (χ1n) is 11.0. The maximum atomic E-state index is 4.63. The summed E-state index contributed by atoms with van der Waals surface area (Å²) in [4.78, 5) is 9.18. The van der Waals surface area contributed by atoms with Gasteiger partial charge in [-0.05, 0) is 52.4 Å². The molecule has 33 heavy (non-hydrogen) atoms. The number of hydrogen-bond donors (Lipinski definition) is 2. The number of aliphatic imine (C=N–C) groups is 1. The number of nitrogens with one attached hydrogen (secondary N) is 2. The van der Waals surface area contributed by atoms with E-state index in [9.17, 15) is 0 Å². The highest BCUT2D eigenvalue weighted by Gasteiger charge is 2.35. The minimum atomic E-state index is -0.222. The van der Waals surface area contributed by atoms with Crippen molar-refractivity contribution < 1.29 is 0 Å². The molecule has 5 heteroatoms. The maximum Gasteiger partial charge on any atom is 0.138 e. The van der Waals surface area contributed by atoms with E-state index in [0.29, 0.717) is 0 Å². The summed E-state index contributed by atoms with van der Waals surface area (Å²) in [5.74, 6) is 0.854. The lowest BCUT2D eigenvalue weighted by Gasteiger charge is -2.36. The smallest absolute Gasteiger partial charge is 0.138 e. The van der Waals surface area contributed by atoms with Gasteiger partial charge in [-0.15, -0.1) is 0 Å². The number of hydrogen-bond acceptors (Lipinski definition) is 4. The third kappa shape index (κ3) is 3.89. The van der Waals surface area contributed by atoms with E-state index in [-0.39, 0.29) is 4.75 Å². The molecule has 1 aromatic heterocycles. The van der Waals surface area contributed by atoms with Gasteiger partial charge in [-0.2, -0.15) is 0 Å². The largest absolute Gasteiger partial charge is 0.382 e. The number of pyridine rings is 1. The van der Waals surface area contributed by atoms with Crippen molar-refractivity contribution in [3.63, 3.8) is 0 Å². The highest BCUT2D eigenvalue weighted by molar-refractivity contribution is 7.98. The van der Waals surface area contributed by atoms with Gasteiger partial charge in [0.05, 0.1) is 16.1 Å². The molecule has 0 amide bonds. The molecule has 5 rings (SSSR count). The van der Waals surface area contributed by atoms with Crippen molar-refractivity contribution in [1.82, 2.24) is 15.0 Å². The SMILES string of the molecule is C=C1NC[C@](C)(SNC(=NC)c2cccc3c(-c4ccccc4)cccc23)c2cccnc21. The second-order valence-electron chi connectivity index (χ2n) is 8.31. The summed E-state index contributed by atoms with van der Waals surface area (Å²) < 4.78 is 3.35. The molecular weight excluding hydrogens is 424 g/mol. The third-order valence-electron chi connectivity index (χ3n) is 6.16. The first-order valence-corrected chi connectivity index (χ1v) is 11.8. The molecule has 0 aliphatic carbocycles. The zero-order valence-corrected chi connectivity index (χ0v) is 19.6. The van der Waals surface area contributed by atoms with Crippen molar-refractivity contribution in [3.8, 4) is 11.1 Å². The maximum absolute atomic E-state index is 4.63. The van der Waals surface area contributed by atoms with E-state index in [1.54, 1.807) is 11.9 Å². The van der Waals surface area contributed by atoms with E-state index in [2.05, 4.69) is 100 Å². The summed E-state index contributed by atoms with van der Waals surface area (Å²) in [5, 5.41) is 5.80. The van der Waals surface area contributed by atoms with Crippen LogP contribution in [0.15, 0.2) is 96.6 Å². The summed E-state index contributed by atoms with van der Waals surface area (Å²) in [6, 6.07) is 27.5. The van der Waals surface area contributed by atoms with Crippen LogP contribution < -0.4 is 10.0 Å². The van der Waals surface area contributed by atoms with Crippen LogP contribution >= 0.6 is 11.9 Å². The number of rotatable bonds is 4. The van der Waals surface area contributed by atoms with Crippen LogP contribution in [0.4, 0.5) is 0 Å². The van der Waals surface area contributed by atoms with Crippen molar-refractivity contribution >= 4 is 34.3 Å². The molecule has 2 heterocycles. The molecule has 0 saturated carbocycles. The Morgan fingerprint density at radius 1 is 1.00 bits per heavy atom. The summed E-state index contributed by atoms with van der Waals surface area (Å²) >= 11 is 1.66. The molecule has 0 bridgehead atoms. The molecule has 1 atom stereocenters. The molecular formula is C28H26N4S. The van der Waals surface area contributed by atoms with Gasteiger partial charge in [-0.25, -0.2) is 0 Å². The molecule has 0 fully saturated rings. The predicted molar refractivity (Wildman–Crippen MR) is 141 cm³/mol. The Morgan fingerprint density at radius 2 is 1.79 bits per heavy atom. The molecule has 2 N–H and O–H groups in total. The summed E-state index contributed by atoms with van der Waals surface area (Å²) in [5.41, 5.74) is 6.49. The van der Waals surface area contributed by atoms with E-state index < -0.39 is 0 Å². The Labute approximate surface area is 199 Å². The molecule has 164 valence electrons. The normalized spacial score (nSPS) is 18.0. The molecule has 1 aliphatic rings. The second-order valence-corrected chi connectivity index (χ2v) is 9.62. The van der Waals surface area contributed by atoms with Gasteiger partial charge in [0.2, 0.25) is 0 Å². The Kier molecular flexibility index (Phi) is 5.65. The monoisotopic (exact) mass is 450 g/mol. The van der Waals surface area contributed by atoms with Gasteiger partial charge in [-0.3, -0.25) is 9.98 Å². The van der Waals surface area contributed by atoms with Crippen LogP contribution in [-0.4, -0.2) is 24.4 Å². The first kappa shape index (κ1) is 21.3. The number of nitrogens with zero attached hydrogens (tertiary/aromatic N) is 2. The lowest BCUT2D eigenvalue weighted by atomic mass is 9.93. The molecule has 3 aromatic carbocycles. The third-order valence-corrected chi connectivity index (χ3v) is 7.27. The van der Waals surface area contributed by atoms with E-state index in [1.807, 2.05) is 25.4 Å². The molecule has 4 nitrogen and oxygen atoms in total. The summed E-state index contributed by atoms with van der Waals surface area (Å²) in [6.45, 7) is 7.09. The highest BCUT2D eigenvalue weighted by atomic mass is 32.2. The lowest BCUT2D eigenvalue weighted by molar-refractivity contribution is 0.622. The number of aromatic nitrogens is 1. The number of fused-ring (bicyclic) bond motifs is 2. The highest BCUT2D eigenvalue weighted by Crippen LogP contribution is 2.40. The molecule has 0 spiro atoms. The number of benzene rings is 3. The minimum absolute atomic E-state index is 0.222. The second kappa shape index (κ2) is 8.75. The van der Waals surface area contributed by atoms with Crippen LogP contribution in [0.25, 0.3) is 27.6 Å². The van der Waals surface area contributed by atoms with Crippen molar-refractivity contribution in [1.29, 1.82) is 0 Å². The van der Waals surface area contributed by atoms with Gasteiger partial charge >= 0.3 is 0 Å². The van der Waals surface area contributed by atoms with Crippen LogP contribution in [0.1, 0.15) is 23.7 Å². The van der Waals surface area contributed by atoms with Crippen molar-refractivity contribution in [2.24, 2.45) is 4.99 Å².